The number of carbonyl (C=O) groups excluding carboxylic acids is 1. The standard InChI is InChI=1S/C14H23N5O2/c20-14(19-6-8-21-9-7-19)16-13(12-10-15-18-17-12)11-4-2-1-3-5-11/h10-11,13H,1-9H2,(H,16,20)(H,15,17,18). The second-order valence-corrected chi connectivity index (χ2v) is 5.82. The first kappa shape index (κ1) is 14.3. The Morgan fingerprint density at radius 3 is 2.76 bits per heavy atom. The van der Waals surface area contributed by atoms with Crippen LogP contribution < -0.4 is 5.32 Å². The van der Waals surface area contributed by atoms with E-state index in [0.29, 0.717) is 32.2 Å². The molecule has 0 aromatic carbocycles. The molecule has 0 bridgehead atoms. The van der Waals surface area contributed by atoms with Crippen LogP contribution in [-0.4, -0.2) is 52.6 Å². The lowest BCUT2D eigenvalue weighted by molar-refractivity contribution is 0.0515. The summed E-state index contributed by atoms with van der Waals surface area (Å²) in [6.07, 6.45) is 7.75. The molecule has 1 saturated heterocycles. The Balaban J connectivity index is 1.68. The molecule has 1 aliphatic carbocycles. The molecule has 1 aliphatic heterocycles. The van der Waals surface area contributed by atoms with Crippen molar-refractivity contribution in [2.24, 2.45) is 5.92 Å². The summed E-state index contributed by atoms with van der Waals surface area (Å²) in [4.78, 5) is 14.3. The number of rotatable bonds is 3. The summed E-state index contributed by atoms with van der Waals surface area (Å²) in [6, 6.07) is -0.0590. The molecule has 2 heterocycles. The molecule has 2 amide bonds. The number of hydrogen-bond donors (Lipinski definition) is 2. The van der Waals surface area contributed by atoms with E-state index < -0.39 is 0 Å². The highest BCUT2D eigenvalue weighted by molar-refractivity contribution is 5.74. The number of carbonyl (C=O) groups is 1. The van der Waals surface area contributed by atoms with Gasteiger partial charge in [0.2, 0.25) is 0 Å². The Hall–Kier alpha value is -1.63. The number of morpholine rings is 1. The van der Waals surface area contributed by atoms with Gasteiger partial charge in [-0.2, -0.15) is 15.4 Å². The lowest BCUT2D eigenvalue weighted by Gasteiger charge is -2.33. The van der Waals surface area contributed by atoms with Crippen LogP contribution in [0, 0.1) is 5.92 Å². The van der Waals surface area contributed by atoms with Crippen molar-refractivity contribution >= 4 is 6.03 Å². The van der Waals surface area contributed by atoms with Crippen molar-refractivity contribution in [1.29, 1.82) is 0 Å². The molecule has 0 radical (unpaired) electrons. The van der Waals surface area contributed by atoms with Gasteiger partial charge in [0.05, 0.1) is 25.5 Å². The number of urea groups is 1. The van der Waals surface area contributed by atoms with Gasteiger partial charge in [-0.3, -0.25) is 0 Å². The maximum atomic E-state index is 12.4. The molecule has 1 atom stereocenters. The first-order valence-corrected chi connectivity index (χ1v) is 7.83. The van der Waals surface area contributed by atoms with Crippen molar-refractivity contribution in [3.63, 3.8) is 0 Å². The predicted molar refractivity (Wildman–Crippen MR) is 76.6 cm³/mol. The maximum absolute atomic E-state index is 12.4. The minimum absolute atomic E-state index is 0.0168. The smallest absolute Gasteiger partial charge is 0.318 e. The molecule has 116 valence electrons. The average Bonchev–Trinajstić information content (AvgIpc) is 3.08. The first-order valence-electron chi connectivity index (χ1n) is 7.83. The molecule has 7 heteroatoms. The van der Waals surface area contributed by atoms with Gasteiger partial charge in [-0.15, -0.1) is 0 Å². The van der Waals surface area contributed by atoms with Crippen molar-refractivity contribution in [2.45, 2.75) is 38.1 Å². The van der Waals surface area contributed by atoms with E-state index in [4.69, 9.17) is 4.74 Å². The van der Waals surface area contributed by atoms with Crippen LogP contribution in [0.2, 0.25) is 0 Å². The molecule has 2 fully saturated rings. The minimum Gasteiger partial charge on any atom is -0.378 e. The van der Waals surface area contributed by atoms with Crippen molar-refractivity contribution in [3.05, 3.63) is 11.9 Å². The van der Waals surface area contributed by atoms with E-state index in [1.54, 1.807) is 6.20 Å². The molecule has 1 saturated carbocycles. The number of H-pyrrole nitrogens is 1. The van der Waals surface area contributed by atoms with Gasteiger partial charge < -0.3 is 15.0 Å². The fourth-order valence-corrected chi connectivity index (χ4v) is 3.25. The second-order valence-electron chi connectivity index (χ2n) is 5.82. The van der Waals surface area contributed by atoms with E-state index in [1.165, 1.54) is 19.3 Å². The summed E-state index contributed by atoms with van der Waals surface area (Å²) in [7, 11) is 0. The average molecular weight is 293 g/mol. The molecular formula is C14H23N5O2. The highest BCUT2D eigenvalue weighted by Crippen LogP contribution is 2.33. The number of nitrogens with one attached hydrogen (secondary N) is 2. The van der Waals surface area contributed by atoms with Gasteiger partial charge in [-0.1, -0.05) is 19.3 Å². The van der Waals surface area contributed by atoms with Crippen molar-refractivity contribution in [2.75, 3.05) is 26.3 Å². The fraction of sp³-hybridized carbons (Fsp3) is 0.786. The Kier molecular flexibility index (Phi) is 4.69. The third kappa shape index (κ3) is 3.53. The minimum atomic E-state index is -0.0422. The van der Waals surface area contributed by atoms with Crippen LogP contribution >= 0.6 is 0 Å². The third-order valence-corrected chi connectivity index (χ3v) is 4.45. The molecule has 0 spiro atoms. The SMILES string of the molecule is O=C(NC(c1cn[nH]n1)C1CCCCC1)N1CCOCC1. The van der Waals surface area contributed by atoms with Crippen molar-refractivity contribution in [1.82, 2.24) is 25.6 Å². The molecular weight excluding hydrogens is 270 g/mol. The van der Waals surface area contributed by atoms with E-state index in [-0.39, 0.29) is 12.1 Å². The molecule has 3 rings (SSSR count). The van der Waals surface area contributed by atoms with Crippen LogP contribution in [0.25, 0.3) is 0 Å². The molecule has 1 aromatic rings. The number of amides is 2. The summed E-state index contributed by atoms with van der Waals surface area (Å²) >= 11 is 0. The van der Waals surface area contributed by atoms with Gasteiger partial charge in [-0.05, 0) is 18.8 Å². The summed E-state index contributed by atoms with van der Waals surface area (Å²) in [5.41, 5.74) is 0.837. The zero-order valence-corrected chi connectivity index (χ0v) is 12.3. The van der Waals surface area contributed by atoms with Gasteiger partial charge in [0.1, 0.15) is 5.69 Å². The number of aromatic amines is 1. The van der Waals surface area contributed by atoms with Crippen molar-refractivity contribution < 1.29 is 9.53 Å². The Morgan fingerprint density at radius 1 is 1.33 bits per heavy atom. The number of aromatic nitrogens is 3. The van der Waals surface area contributed by atoms with Gasteiger partial charge >= 0.3 is 6.03 Å². The molecule has 2 N–H and O–H groups in total. The normalized spacial score (nSPS) is 22.0. The number of hydrogen-bond acceptors (Lipinski definition) is 4. The first-order chi connectivity index (χ1) is 10.3. The van der Waals surface area contributed by atoms with E-state index in [9.17, 15) is 4.79 Å². The molecule has 2 aliphatic rings. The monoisotopic (exact) mass is 293 g/mol. The number of ether oxygens (including phenoxy) is 1. The molecule has 1 aromatic heterocycles. The van der Waals surface area contributed by atoms with Gasteiger partial charge in [0.25, 0.3) is 0 Å². The zero-order valence-electron chi connectivity index (χ0n) is 12.3. The summed E-state index contributed by atoms with van der Waals surface area (Å²) in [6.45, 7) is 2.54. The Morgan fingerprint density at radius 2 is 2.10 bits per heavy atom. The van der Waals surface area contributed by atoms with E-state index in [2.05, 4.69) is 20.7 Å². The van der Waals surface area contributed by atoms with E-state index in [1.807, 2.05) is 4.90 Å². The van der Waals surface area contributed by atoms with Crippen LogP contribution in [-0.2, 0) is 4.74 Å². The summed E-state index contributed by atoms with van der Waals surface area (Å²) in [5, 5.41) is 13.9. The van der Waals surface area contributed by atoms with Gasteiger partial charge in [-0.25, -0.2) is 4.79 Å². The summed E-state index contributed by atoms with van der Waals surface area (Å²) < 4.78 is 5.29. The number of nitrogens with zero attached hydrogens (tertiary/aromatic N) is 3. The van der Waals surface area contributed by atoms with E-state index in [0.717, 1.165) is 18.5 Å². The lowest BCUT2D eigenvalue weighted by atomic mass is 9.83. The second kappa shape index (κ2) is 6.89. The van der Waals surface area contributed by atoms with Crippen LogP contribution in [0.5, 0.6) is 0 Å². The van der Waals surface area contributed by atoms with Crippen LogP contribution in [0.4, 0.5) is 4.79 Å². The quantitative estimate of drug-likeness (QED) is 0.884. The van der Waals surface area contributed by atoms with Crippen LogP contribution in [0.15, 0.2) is 6.20 Å². The highest BCUT2D eigenvalue weighted by Gasteiger charge is 2.30. The van der Waals surface area contributed by atoms with E-state index >= 15 is 0 Å². The summed E-state index contributed by atoms with van der Waals surface area (Å²) in [5.74, 6) is 0.453. The molecule has 1 unspecified atom stereocenters. The third-order valence-electron chi connectivity index (χ3n) is 4.45. The predicted octanol–water partition coefficient (Wildman–Crippen LogP) is 1.47. The lowest BCUT2D eigenvalue weighted by Crippen LogP contribution is -2.48. The van der Waals surface area contributed by atoms with Gasteiger partial charge in [0, 0.05) is 13.1 Å². The Labute approximate surface area is 124 Å². The molecule has 21 heavy (non-hydrogen) atoms. The van der Waals surface area contributed by atoms with Crippen molar-refractivity contribution in [3.8, 4) is 0 Å². The van der Waals surface area contributed by atoms with Crippen LogP contribution in [0.3, 0.4) is 0 Å². The van der Waals surface area contributed by atoms with Crippen LogP contribution in [0.1, 0.15) is 43.8 Å². The maximum Gasteiger partial charge on any atom is 0.318 e. The zero-order chi connectivity index (χ0) is 14.5. The molecule has 7 nitrogen and oxygen atoms in total. The largest absolute Gasteiger partial charge is 0.378 e. The van der Waals surface area contributed by atoms with Gasteiger partial charge in [0.15, 0.2) is 0 Å². The fourth-order valence-electron chi connectivity index (χ4n) is 3.25. The highest BCUT2D eigenvalue weighted by atomic mass is 16.5. The Bertz CT molecular complexity index is 438. The topological polar surface area (TPSA) is 83.1 Å².